The highest BCUT2D eigenvalue weighted by Crippen LogP contribution is 2.25. The Morgan fingerprint density at radius 3 is 2.41 bits per heavy atom. The van der Waals surface area contributed by atoms with Crippen molar-refractivity contribution in [1.29, 1.82) is 0 Å². The van der Waals surface area contributed by atoms with E-state index in [1.807, 2.05) is 48.5 Å². The first-order valence-electron chi connectivity index (χ1n) is 5.15. The molecule has 0 saturated carbocycles. The van der Waals surface area contributed by atoms with Crippen LogP contribution in [0.15, 0.2) is 53.0 Å². The molecule has 0 aliphatic carbocycles. The highest BCUT2D eigenvalue weighted by Gasteiger charge is 2.11. The van der Waals surface area contributed by atoms with Crippen LogP contribution in [0.4, 0.5) is 0 Å². The molecule has 0 amide bonds. The van der Waals surface area contributed by atoms with Gasteiger partial charge in [-0.3, -0.25) is 0 Å². The number of carbonyl (C=O) groups excluding carboxylic acids is 1. The average molecular weight is 291 g/mol. The third kappa shape index (κ3) is 2.56. The minimum absolute atomic E-state index is 0.338. The van der Waals surface area contributed by atoms with Crippen molar-refractivity contribution in [1.82, 2.24) is 0 Å². The van der Waals surface area contributed by atoms with Gasteiger partial charge in [0, 0.05) is 4.47 Å². The maximum atomic E-state index is 11.6. The number of benzene rings is 2. The predicted octanol–water partition coefficient (Wildman–Crippen LogP) is 3.90. The molecule has 0 aliphatic rings. The van der Waals surface area contributed by atoms with Crippen molar-refractivity contribution < 1.29 is 9.53 Å². The van der Waals surface area contributed by atoms with Gasteiger partial charge in [-0.2, -0.15) is 0 Å². The minimum atomic E-state index is -0.338. The molecular formula is C14H11BrO2. The molecule has 0 heterocycles. The molecule has 0 spiro atoms. The highest BCUT2D eigenvalue weighted by atomic mass is 79.9. The van der Waals surface area contributed by atoms with E-state index in [2.05, 4.69) is 15.9 Å². The Morgan fingerprint density at radius 1 is 1.06 bits per heavy atom. The van der Waals surface area contributed by atoms with Crippen molar-refractivity contribution in [2.24, 2.45) is 0 Å². The fraction of sp³-hybridized carbons (Fsp3) is 0.0714. The van der Waals surface area contributed by atoms with Crippen molar-refractivity contribution in [3.05, 3.63) is 58.6 Å². The number of hydrogen-bond acceptors (Lipinski definition) is 2. The van der Waals surface area contributed by atoms with Crippen LogP contribution in [0.2, 0.25) is 0 Å². The highest BCUT2D eigenvalue weighted by molar-refractivity contribution is 9.10. The van der Waals surface area contributed by atoms with Gasteiger partial charge in [-0.1, -0.05) is 36.4 Å². The van der Waals surface area contributed by atoms with E-state index in [0.29, 0.717) is 5.56 Å². The van der Waals surface area contributed by atoms with Crippen molar-refractivity contribution in [2.75, 3.05) is 7.11 Å². The zero-order valence-electron chi connectivity index (χ0n) is 9.31. The summed E-state index contributed by atoms with van der Waals surface area (Å²) < 4.78 is 5.48. The summed E-state index contributed by atoms with van der Waals surface area (Å²) >= 11 is 3.34. The lowest BCUT2D eigenvalue weighted by atomic mass is 10.0. The van der Waals surface area contributed by atoms with Crippen molar-refractivity contribution in [3.63, 3.8) is 0 Å². The van der Waals surface area contributed by atoms with E-state index in [-0.39, 0.29) is 5.97 Å². The van der Waals surface area contributed by atoms with Gasteiger partial charge >= 0.3 is 5.97 Å². The molecule has 0 aromatic heterocycles. The van der Waals surface area contributed by atoms with E-state index >= 15 is 0 Å². The van der Waals surface area contributed by atoms with Gasteiger partial charge < -0.3 is 4.74 Å². The van der Waals surface area contributed by atoms with E-state index in [0.717, 1.165) is 15.6 Å². The lowest BCUT2D eigenvalue weighted by Crippen LogP contribution is -2.02. The molecule has 0 atom stereocenters. The normalized spacial score (nSPS) is 10.0. The molecule has 0 bridgehead atoms. The Kier molecular flexibility index (Phi) is 3.59. The van der Waals surface area contributed by atoms with E-state index in [1.54, 1.807) is 0 Å². The number of halogens is 1. The average Bonchev–Trinajstić information content (AvgIpc) is 2.39. The third-order valence-corrected chi connectivity index (χ3v) is 3.17. The maximum Gasteiger partial charge on any atom is 0.339 e. The second kappa shape index (κ2) is 5.15. The SMILES string of the molecule is COC(=O)c1cc(-c2ccccc2)ccc1Br. The molecule has 2 rings (SSSR count). The maximum absolute atomic E-state index is 11.6. The van der Waals surface area contributed by atoms with E-state index < -0.39 is 0 Å². The number of rotatable bonds is 2. The fourth-order valence-electron chi connectivity index (χ4n) is 1.60. The smallest absolute Gasteiger partial charge is 0.339 e. The quantitative estimate of drug-likeness (QED) is 0.784. The molecular weight excluding hydrogens is 280 g/mol. The summed E-state index contributed by atoms with van der Waals surface area (Å²) in [6.45, 7) is 0. The van der Waals surface area contributed by atoms with Crippen molar-refractivity contribution in [2.45, 2.75) is 0 Å². The number of methoxy groups -OCH3 is 1. The fourth-order valence-corrected chi connectivity index (χ4v) is 2.01. The van der Waals surface area contributed by atoms with Gasteiger partial charge in [0.15, 0.2) is 0 Å². The Balaban J connectivity index is 2.48. The van der Waals surface area contributed by atoms with Gasteiger partial charge in [0.2, 0.25) is 0 Å². The van der Waals surface area contributed by atoms with Gasteiger partial charge in [0.05, 0.1) is 12.7 Å². The zero-order valence-corrected chi connectivity index (χ0v) is 10.9. The second-order valence-corrected chi connectivity index (χ2v) is 4.41. The first kappa shape index (κ1) is 11.9. The van der Waals surface area contributed by atoms with E-state index in [1.165, 1.54) is 7.11 Å². The Bertz CT molecular complexity index is 535. The van der Waals surface area contributed by atoms with Crippen LogP contribution < -0.4 is 0 Å². The molecule has 0 aliphatic heterocycles. The summed E-state index contributed by atoms with van der Waals surface area (Å²) in [5, 5.41) is 0. The van der Waals surface area contributed by atoms with Gasteiger partial charge in [-0.05, 0) is 39.2 Å². The van der Waals surface area contributed by atoms with Crippen LogP contribution in [-0.4, -0.2) is 13.1 Å². The van der Waals surface area contributed by atoms with Crippen LogP contribution in [0.5, 0.6) is 0 Å². The summed E-state index contributed by atoms with van der Waals surface area (Å²) in [6, 6.07) is 15.5. The summed E-state index contributed by atoms with van der Waals surface area (Å²) in [4.78, 5) is 11.6. The molecule has 0 radical (unpaired) electrons. The van der Waals surface area contributed by atoms with E-state index in [4.69, 9.17) is 4.74 Å². The lowest BCUT2D eigenvalue weighted by molar-refractivity contribution is 0.0600. The molecule has 2 aromatic rings. The van der Waals surface area contributed by atoms with Gasteiger partial charge in [-0.25, -0.2) is 4.79 Å². The predicted molar refractivity (Wildman–Crippen MR) is 70.9 cm³/mol. The van der Waals surface area contributed by atoms with Gasteiger partial charge in [0.25, 0.3) is 0 Å². The van der Waals surface area contributed by atoms with Crippen LogP contribution in [0.1, 0.15) is 10.4 Å². The Morgan fingerprint density at radius 2 is 1.76 bits per heavy atom. The van der Waals surface area contributed by atoms with Crippen LogP contribution in [0, 0.1) is 0 Å². The van der Waals surface area contributed by atoms with E-state index in [9.17, 15) is 4.79 Å². The summed E-state index contributed by atoms with van der Waals surface area (Å²) in [5.41, 5.74) is 2.60. The first-order valence-corrected chi connectivity index (χ1v) is 5.95. The van der Waals surface area contributed by atoms with Crippen molar-refractivity contribution >= 4 is 21.9 Å². The van der Waals surface area contributed by atoms with Gasteiger partial charge in [0.1, 0.15) is 0 Å². The monoisotopic (exact) mass is 290 g/mol. The van der Waals surface area contributed by atoms with Gasteiger partial charge in [-0.15, -0.1) is 0 Å². The molecule has 0 N–H and O–H groups in total. The zero-order chi connectivity index (χ0) is 12.3. The summed E-state index contributed by atoms with van der Waals surface area (Å²) in [6.07, 6.45) is 0. The topological polar surface area (TPSA) is 26.3 Å². The number of esters is 1. The molecule has 3 heteroatoms. The first-order chi connectivity index (χ1) is 8.22. The number of hydrogen-bond donors (Lipinski definition) is 0. The minimum Gasteiger partial charge on any atom is -0.465 e. The van der Waals surface area contributed by atoms with Crippen LogP contribution in [0.3, 0.4) is 0 Å². The van der Waals surface area contributed by atoms with Crippen LogP contribution in [0.25, 0.3) is 11.1 Å². The summed E-state index contributed by atoms with van der Waals surface area (Å²) in [5.74, 6) is -0.338. The Hall–Kier alpha value is -1.61. The third-order valence-electron chi connectivity index (χ3n) is 2.48. The molecule has 0 fully saturated rings. The Labute approximate surface area is 108 Å². The molecule has 0 unspecified atom stereocenters. The molecule has 17 heavy (non-hydrogen) atoms. The molecule has 2 nitrogen and oxygen atoms in total. The lowest BCUT2D eigenvalue weighted by Gasteiger charge is -2.06. The molecule has 86 valence electrons. The summed E-state index contributed by atoms with van der Waals surface area (Å²) in [7, 11) is 1.38. The van der Waals surface area contributed by atoms with Crippen LogP contribution in [-0.2, 0) is 4.74 Å². The second-order valence-electron chi connectivity index (χ2n) is 3.55. The molecule has 2 aromatic carbocycles. The van der Waals surface area contributed by atoms with Crippen molar-refractivity contribution in [3.8, 4) is 11.1 Å². The standard InChI is InChI=1S/C14H11BrO2/c1-17-14(16)12-9-11(7-8-13(12)15)10-5-3-2-4-6-10/h2-9H,1H3. The van der Waals surface area contributed by atoms with Crippen LogP contribution >= 0.6 is 15.9 Å². The largest absolute Gasteiger partial charge is 0.465 e. The molecule has 0 saturated heterocycles. The number of ether oxygens (including phenoxy) is 1. The number of carbonyl (C=O) groups is 1.